The van der Waals surface area contributed by atoms with Crippen molar-refractivity contribution in [2.45, 2.75) is 6.73 Å². The minimum absolute atomic E-state index is 0.223. The Hall–Kier alpha value is -5.36. The number of halogens is 1. The Labute approximate surface area is 257 Å². The first kappa shape index (κ1) is 28.4. The van der Waals surface area contributed by atoms with Gasteiger partial charge in [0.2, 0.25) is 10.0 Å². The minimum atomic E-state index is -3.72. The van der Waals surface area contributed by atoms with Gasteiger partial charge in [0, 0.05) is 42.1 Å². The molecule has 0 saturated heterocycles. The molecule has 0 spiro atoms. The van der Waals surface area contributed by atoms with E-state index in [1.165, 1.54) is 38.4 Å². The summed E-state index contributed by atoms with van der Waals surface area (Å²) in [5.41, 5.74) is 4.53. The van der Waals surface area contributed by atoms with E-state index < -0.39 is 21.7 Å². The second-order valence-electron chi connectivity index (χ2n) is 10.7. The Morgan fingerprint density at radius 3 is 2.56 bits per heavy atom. The van der Waals surface area contributed by atoms with Crippen molar-refractivity contribution in [1.29, 1.82) is 0 Å². The average Bonchev–Trinajstić information content (AvgIpc) is 3.61. The molecule has 1 N–H and O–H groups in total. The van der Waals surface area contributed by atoms with E-state index in [1.54, 1.807) is 31.4 Å². The van der Waals surface area contributed by atoms with Crippen LogP contribution in [-0.4, -0.2) is 51.3 Å². The van der Waals surface area contributed by atoms with Crippen molar-refractivity contribution in [2.24, 2.45) is 0 Å². The number of aromatic nitrogens is 2. The molecular formula is C33H27FN4O6S. The van der Waals surface area contributed by atoms with Gasteiger partial charge in [-0.05, 0) is 66.7 Å². The van der Waals surface area contributed by atoms with E-state index in [4.69, 9.17) is 18.9 Å². The summed E-state index contributed by atoms with van der Waals surface area (Å²) in [4.78, 5) is 18.2. The number of rotatable bonds is 6. The third kappa shape index (κ3) is 4.65. The van der Waals surface area contributed by atoms with E-state index in [-0.39, 0.29) is 16.9 Å². The quantitative estimate of drug-likeness (QED) is 0.240. The summed E-state index contributed by atoms with van der Waals surface area (Å²) in [6.07, 6.45) is 1.10. The Kier molecular flexibility index (Phi) is 6.55. The van der Waals surface area contributed by atoms with Crippen LogP contribution >= 0.6 is 0 Å². The Bertz CT molecular complexity index is 2280. The first-order valence-electron chi connectivity index (χ1n) is 13.9. The number of fused-ring (bicyclic) bond motifs is 6. The van der Waals surface area contributed by atoms with Crippen molar-refractivity contribution in [2.75, 3.05) is 31.8 Å². The first-order chi connectivity index (χ1) is 21.6. The number of carbonyl (C=O) groups excluding carboxylic acids is 1. The molecule has 12 heteroatoms. The molecule has 3 aromatic carbocycles. The van der Waals surface area contributed by atoms with Crippen LogP contribution in [0.1, 0.15) is 10.4 Å². The standard InChI is InChI=1S/C33H27FN4O6S/c1-35-33(39)30-23-15-22(26(37(2)45(4,40)41)16-29(23)44-32(30)18-5-7-20(34)8-6-18)24-10-12-28-31(36-24)27-14-19-13-21(42-3)9-11-25(19)38(27)17-43-28/h5-16H,17H2,1-4H3,(H,35,39). The van der Waals surface area contributed by atoms with E-state index >= 15 is 0 Å². The number of hydrogen-bond donors (Lipinski definition) is 1. The van der Waals surface area contributed by atoms with Gasteiger partial charge in [0.25, 0.3) is 5.91 Å². The summed E-state index contributed by atoms with van der Waals surface area (Å²) in [7, 11) is 0.833. The molecule has 4 heterocycles. The van der Waals surface area contributed by atoms with Crippen molar-refractivity contribution < 1.29 is 31.5 Å². The maximum absolute atomic E-state index is 13.7. The number of carbonyl (C=O) groups is 1. The molecule has 0 radical (unpaired) electrons. The fourth-order valence-electron chi connectivity index (χ4n) is 5.67. The van der Waals surface area contributed by atoms with Gasteiger partial charge in [0.15, 0.2) is 6.73 Å². The lowest BCUT2D eigenvalue weighted by Crippen LogP contribution is -2.25. The predicted molar refractivity (Wildman–Crippen MR) is 170 cm³/mol. The van der Waals surface area contributed by atoms with Gasteiger partial charge in [-0.15, -0.1) is 0 Å². The molecule has 228 valence electrons. The maximum atomic E-state index is 13.7. The van der Waals surface area contributed by atoms with Crippen LogP contribution in [-0.2, 0) is 16.8 Å². The zero-order valence-electron chi connectivity index (χ0n) is 24.7. The van der Waals surface area contributed by atoms with Crippen LogP contribution in [0.5, 0.6) is 11.5 Å². The smallest absolute Gasteiger partial charge is 0.255 e. The van der Waals surface area contributed by atoms with E-state index in [0.29, 0.717) is 46.1 Å². The zero-order valence-corrected chi connectivity index (χ0v) is 25.5. The number of ether oxygens (including phenoxy) is 2. The molecule has 1 aliphatic rings. The van der Waals surface area contributed by atoms with Crippen LogP contribution in [0, 0.1) is 5.82 Å². The van der Waals surface area contributed by atoms with Gasteiger partial charge in [-0.3, -0.25) is 9.10 Å². The largest absolute Gasteiger partial charge is 0.497 e. The number of nitrogens with one attached hydrogen (secondary N) is 1. The lowest BCUT2D eigenvalue weighted by molar-refractivity contribution is 0.0964. The maximum Gasteiger partial charge on any atom is 0.255 e. The van der Waals surface area contributed by atoms with Gasteiger partial charge < -0.3 is 23.8 Å². The number of benzene rings is 3. The summed E-state index contributed by atoms with van der Waals surface area (Å²) in [5, 5.41) is 4.04. The fraction of sp³-hybridized carbons (Fsp3) is 0.152. The first-order valence-corrected chi connectivity index (χ1v) is 15.8. The van der Waals surface area contributed by atoms with Crippen molar-refractivity contribution in [3.8, 4) is 45.5 Å². The molecule has 0 saturated carbocycles. The molecule has 0 atom stereocenters. The van der Waals surface area contributed by atoms with Gasteiger partial charge in [-0.2, -0.15) is 0 Å². The van der Waals surface area contributed by atoms with Gasteiger partial charge in [-0.1, -0.05) is 0 Å². The Morgan fingerprint density at radius 2 is 1.84 bits per heavy atom. The molecule has 0 aliphatic carbocycles. The van der Waals surface area contributed by atoms with Crippen LogP contribution in [0.25, 0.3) is 55.8 Å². The lowest BCUT2D eigenvalue weighted by atomic mass is 10.0. The normalized spacial score (nSPS) is 12.5. The number of hydrogen-bond acceptors (Lipinski definition) is 7. The van der Waals surface area contributed by atoms with Crippen LogP contribution in [0.15, 0.2) is 77.2 Å². The molecule has 1 amide bonds. The second kappa shape index (κ2) is 10.4. The molecule has 1 aliphatic heterocycles. The molecule has 10 nitrogen and oxygen atoms in total. The van der Waals surface area contributed by atoms with Crippen LogP contribution in [0.2, 0.25) is 0 Å². The number of sulfonamides is 1. The van der Waals surface area contributed by atoms with Gasteiger partial charge in [0.05, 0.1) is 41.5 Å². The highest BCUT2D eigenvalue weighted by Gasteiger charge is 2.28. The molecule has 45 heavy (non-hydrogen) atoms. The summed E-state index contributed by atoms with van der Waals surface area (Å²) in [6.45, 7) is 0.296. The third-order valence-corrected chi connectivity index (χ3v) is 9.23. The van der Waals surface area contributed by atoms with Crippen molar-refractivity contribution in [3.63, 3.8) is 0 Å². The number of nitrogens with zero attached hydrogens (tertiary/aromatic N) is 3. The highest BCUT2D eigenvalue weighted by Crippen LogP contribution is 2.43. The number of anilines is 1. The fourth-order valence-corrected chi connectivity index (χ4v) is 6.18. The van der Waals surface area contributed by atoms with Crippen LogP contribution in [0.3, 0.4) is 0 Å². The Balaban J connectivity index is 1.48. The topological polar surface area (TPSA) is 116 Å². The minimum Gasteiger partial charge on any atom is -0.497 e. The number of amides is 1. The highest BCUT2D eigenvalue weighted by molar-refractivity contribution is 7.92. The molecule has 0 unspecified atom stereocenters. The van der Waals surface area contributed by atoms with E-state index in [0.717, 1.165) is 32.9 Å². The molecular weight excluding hydrogens is 599 g/mol. The summed E-state index contributed by atoms with van der Waals surface area (Å²) < 4.78 is 60.2. The lowest BCUT2D eigenvalue weighted by Gasteiger charge is -2.23. The van der Waals surface area contributed by atoms with Crippen LogP contribution < -0.4 is 19.1 Å². The van der Waals surface area contributed by atoms with Crippen molar-refractivity contribution >= 4 is 43.5 Å². The summed E-state index contributed by atoms with van der Waals surface area (Å²) in [5.74, 6) is 0.669. The molecule has 6 aromatic rings. The number of methoxy groups -OCH3 is 1. The molecule has 0 fully saturated rings. The number of furan rings is 1. The van der Waals surface area contributed by atoms with E-state index in [9.17, 15) is 17.6 Å². The van der Waals surface area contributed by atoms with Gasteiger partial charge >= 0.3 is 0 Å². The van der Waals surface area contributed by atoms with Gasteiger partial charge in [0.1, 0.15) is 34.4 Å². The molecule has 3 aromatic heterocycles. The van der Waals surface area contributed by atoms with Crippen molar-refractivity contribution in [3.05, 3.63) is 84.2 Å². The highest BCUT2D eigenvalue weighted by atomic mass is 32.2. The average molecular weight is 627 g/mol. The predicted octanol–water partition coefficient (Wildman–Crippen LogP) is 6.04. The Morgan fingerprint density at radius 1 is 1.07 bits per heavy atom. The van der Waals surface area contributed by atoms with Crippen molar-refractivity contribution in [1.82, 2.24) is 14.9 Å². The molecule has 0 bridgehead atoms. The summed E-state index contributed by atoms with van der Waals surface area (Å²) in [6, 6.07) is 20.2. The number of pyridine rings is 1. The van der Waals surface area contributed by atoms with E-state index in [1.807, 2.05) is 28.8 Å². The third-order valence-electron chi connectivity index (χ3n) is 8.04. The molecule has 7 rings (SSSR count). The second-order valence-corrected chi connectivity index (χ2v) is 12.7. The van der Waals surface area contributed by atoms with Gasteiger partial charge in [-0.25, -0.2) is 17.8 Å². The van der Waals surface area contributed by atoms with E-state index in [2.05, 4.69) is 5.32 Å². The van der Waals surface area contributed by atoms with Crippen LogP contribution in [0.4, 0.5) is 10.1 Å². The monoisotopic (exact) mass is 626 g/mol. The summed E-state index contributed by atoms with van der Waals surface area (Å²) >= 11 is 0. The SMILES string of the molecule is CNC(=O)c1c(-c2ccc(F)cc2)oc2cc(N(C)S(C)(=O)=O)c(-c3ccc4c(n3)-c3cc5cc(OC)ccc5n3CO4)cc12. The zero-order chi connectivity index (χ0) is 31.6.